The van der Waals surface area contributed by atoms with Crippen LogP contribution in [0.3, 0.4) is 0 Å². The van der Waals surface area contributed by atoms with Gasteiger partial charge in [-0.05, 0) is 98.7 Å². The molecule has 2 aromatic rings. The summed E-state index contributed by atoms with van der Waals surface area (Å²) in [6, 6.07) is 11.8. The van der Waals surface area contributed by atoms with E-state index in [-0.39, 0.29) is 35.0 Å². The fourth-order valence-corrected chi connectivity index (χ4v) is 8.08. The minimum absolute atomic E-state index is 0.148. The molecule has 7 unspecified atom stereocenters. The first-order valence-electron chi connectivity index (χ1n) is 16.3. The summed E-state index contributed by atoms with van der Waals surface area (Å²) in [7, 11) is -1.51. The number of fused-ring (bicyclic) bond motifs is 1. The van der Waals surface area contributed by atoms with Gasteiger partial charge in [-0.25, -0.2) is 4.21 Å². The van der Waals surface area contributed by atoms with Gasteiger partial charge in [0.2, 0.25) is 0 Å². The molecule has 2 aliphatic rings. The van der Waals surface area contributed by atoms with Crippen molar-refractivity contribution in [2.24, 2.45) is 17.8 Å². The Labute approximate surface area is 266 Å². The Morgan fingerprint density at radius 3 is 2.58 bits per heavy atom. The molecule has 2 N–H and O–H groups in total. The predicted octanol–water partition coefficient (Wildman–Crippen LogP) is 7.68. The first kappa shape index (κ1) is 33.8. The zero-order chi connectivity index (χ0) is 31.1. The molecule has 238 valence electrons. The van der Waals surface area contributed by atoms with Crippen LogP contribution in [0, 0.1) is 17.8 Å². The van der Waals surface area contributed by atoms with Gasteiger partial charge in [0.25, 0.3) is 5.91 Å². The van der Waals surface area contributed by atoms with Crippen LogP contribution in [0.15, 0.2) is 36.4 Å². The molecule has 0 aromatic heterocycles. The van der Waals surface area contributed by atoms with Gasteiger partial charge in [0.15, 0.2) is 0 Å². The molecule has 2 bridgehead atoms. The molecule has 7 atom stereocenters. The maximum absolute atomic E-state index is 13.3. The molecular formula is C35H51ClN2O4S. The lowest BCUT2D eigenvalue weighted by molar-refractivity contribution is 0.0803. The van der Waals surface area contributed by atoms with Crippen molar-refractivity contribution in [3.05, 3.63) is 58.1 Å². The largest absolute Gasteiger partial charge is 0.491 e. The first-order chi connectivity index (χ1) is 20.6. The quantitative estimate of drug-likeness (QED) is 0.362. The van der Waals surface area contributed by atoms with E-state index in [2.05, 4.69) is 42.5 Å². The standard InChI is InChI=1S/C35H51ClN2O4S/c1-6-10-27-19-30(36)15-16-32(27)29-21-38-18-8-7-11-24(3)31(25(4)39)13-9-12-23(2)26(5)43(41)37-35(40)28-14-17-34(42-22-29)33(38)20-28/h14-17,19-20,23-26,29,31,39H,6-13,18,21-22H2,1-5H3,(H,37,40). The molecule has 0 fully saturated rings. The van der Waals surface area contributed by atoms with E-state index in [1.54, 1.807) is 6.07 Å². The molecule has 2 heterocycles. The van der Waals surface area contributed by atoms with Crippen LogP contribution in [-0.4, -0.2) is 46.3 Å². The van der Waals surface area contributed by atoms with Gasteiger partial charge < -0.3 is 14.7 Å². The molecule has 0 saturated carbocycles. The van der Waals surface area contributed by atoms with Crippen molar-refractivity contribution < 1.29 is 18.8 Å². The highest BCUT2D eigenvalue weighted by Crippen LogP contribution is 2.37. The van der Waals surface area contributed by atoms with Crippen LogP contribution >= 0.6 is 11.6 Å². The molecule has 0 saturated heterocycles. The zero-order valence-electron chi connectivity index (χ0n) is 26.6. The van der Waals surface area contributed by atoms with E-state index in [1.165, 1.54) is 11.1 Å². The summed E-state index contributed by atoms with van der Waals surface area (Å²) in [5.41, 5.74) is 3.93. The minimum Gasteiger partial charge on any atom is -0.491 e. The Morgan fingerprint density at radius 2 is 1.84 bits per heavy atom. The van der Waals surface area contributed by atoms with Gasteiger partial charge in [-0.3, -0.25) is 9.52 Å². The van der Waals surface area contributed by atoms with Crippen LogP contribution in [0.25, 0.3) is 0 Å². The van der Waals surface area contributed by atoms with Crippen LogP contribution in [0.2, 0.25) is 5.02 Å². The van der Waals surface area contributed by atoms with E-state index >= 15 is 0 Å². The van der Waals surface area contributed by atoms with Crippen LogP contribution in [0.4, 0.5) is 5.69 Å². The van der Waals surface area contributed by atoms with Crippen molar-refractivity contribution >= 4 is 34.2 Å². The number of anilines is 1. The maximum Gasteiger partial charge on any atom is 0.263 e. The van der Waals surface area contributed by atoms with Crippen LogP contribution in [-0.2, 0) is 17.4 Å². The molecule has 0 radical (unpaired) electrons. The average molecular weight is 631 g/mol. The summed E-state index contributed by atoms with van der Waals surface area (Å²) >= 11 is 6.39. The van der Waals surface area contributed by atoms with Gasteiger partial charge in [-0.1, -0.05) is 64.1 Å². The van der Waals surface area contributed by atoms with Crippen LogP contribution in [0.5, 0.6) is 5.75 Å². The lowest BCUT2D eigenvalue weighted by atomic mass is 9.81. The van der Waals surface area contributed by atoms with E-state index in [9.17, 15) is 14.1 Å². The molecule has 2 aromatic carbocycles. The number of ether oxygens (including phenoxy) is 1. The van der Waals surface area contributed by atoms with E-state index < -0.39 is 11.0 Å². The van der Waals surface area contributed by atoms with Crippen molar-refractivity contribution in [2.75, 3.05) is 24.6 Å². The predicted molar refractivity (Wildman–Crippen MR) is 179 cm³/mol. The number of aryl methyl sites for hydroxylation is 1. The Hall–Kier alpha value is -2.09. The number of amides is 1. The number of carbonyl (C=O) groups is 1. The smallest absolute Gasteiger partial charge is 0.263 e. The van der Waals surface area contributed by atoms with Gasteiger partial charge in [-0.15, -0.1) is 0 Å². The monoisotopic (exact) mass is 630 g/mol. The van der Waals surface area contributed by atoms with Gasteiger partial charge >= 0.3 is 0 Å². The lowest BCUT2D eigenvalue weighted by Gasteiger charge is -2.30. The van der Waals surface area contributed by atoms with Crippen molar-refractivity contribution in [1.82, 2.24) is 4.72 Å². The molecule has 1 amide bonds. The Morgan fingerprint density at radius 1 is 1.07 bits per heavy atom. The summed E-state index contributed by atoms with van der Waals surface area (Å²) in [6.45, 7) is 12.6. The van der Waals surface area contributed by atoms with Crippen molar-refractivity contribution in [3.63, 3.8) is 0 Å². The SMILES string of the molecule is CCCc1cc(Cl)ccc1C1COc2ccc3cc2N(CCCCC(C)C(C(C)O)CCCC(C)C(C)S(=O)NC3=O)C1. The van der Waals surface area contributed by atoms with Crippen molar-refractivity contribution in [2.45, 2.75) is 103 Å². The number of aliphatic hydroxyl groups excluding tert-OH is 1. The fourth-order valence-electron chi connectivity index (χ4n) is 6.84. The van der Waals surface area contributed by atoms with Crippen molar-refractivity contribution in [1.29, 1.82) is 0 Å². The molecule has 43 heavy (non-hydrogen) atoms. The highest BCUT2D eigenvalue weighted by atomic mass is 35.5. The van der Waals surface area contributed by atoms with E-state index in [1.807, 2.05) is 32.0 Å². The number of hydrogen-bond donors (Lipinski definition) is 2. The third kappa shape index (κ3) is 8.76. The first-order valence-corrected chi connectivity index (χ1v) is 17.9. The number of halogens is 1. The number of benzene rings is 2. The molecule has 6 nitrogen and oxygen atoms in total. The zero-order valence-corrected chi connectivity index (χ0v) is 28.2. The molecule has 8 heteroatoms. The van der Waals surface area contributed by atoms with Gasteiger partial charge in [0.05, 0.1) is 23.6 Å². The van der Waals surface area contributed by atoms with Gasteiger partial charge in [-0.2, -0.15) is 0 Å². The number of aliphatic hydroxyl groups is 1. The Bertz CT molecular complexity index is 1250. The lowest BCUT2D eigenvalue weighted by Crippen LogP contribution is -2.35. The minimum atomic E-state index is -1.51. The maximum atomic E-state index is 13.3. The number of hydrogen-bond acceptors (Lipinski definition) is 5. The third-order valence-electron chi connectivity index (χ3n) is 9.72. The average Bonchev–Trinajstić information content (AvgIpc) is 3.15. The molecule has 2 aliphatic heterocycles. The van der Waals surface area contributed by atoms with Gasteiger partial charge in [0, 0.05) is 29.6 Å². The van der Waals surface area contributed by atoms with E-state index in [0.29, 0.717) is 18.1 Å². The third-order valence-corrected chi connectivity index (χ3v) is 11.5. The van der Waals surface area contributed by atoms with E-state index in [0.717, 1.165) is 80.9 Å². The normalized spacial score (nSPS) is 28.5. The number of rotatable bonds is 4. The molecule has 0 spiro atoms. The topological polar surface area (TPSA) is 78.9 Å². The Balaban J connectivity index is 1.66. The summed E-state index contributed by atoms with van der Waals surface area (Å²) in [4.78, 5) is 15.7. The van der Waals surface area contributed by atoms with Crippen molar-refractivity contribution in [3.8, 4) is 5.75 Å². The summed E-state index contributed by atoms with van der Waals surface area (Å²) in [5.74, 6) is 1.44. The Kier molecular flexibility index (Phi) is 12.4. The number of nitrogens with one attached hydrogen (secondary N) is 1. The van der Waals surface area contributed by atoms with Crippen LogP contribution < -0.4 is 14.4 Å². The van der Waals surface area contributed by atoms with Gasteiger partial charge in [0.1, 0.15) is 16.7 Å². The fraction of sp³-hybridized carbons (Fsp3) is 0.629. The molecule has 0 aliphatic carbocycles. The summed E-state index contributed by atoms with van der Waals surface area (Å²) < 4.78 is 22.4. The second kappa shape index (κ2) is 15.8. The molecular weight excluding hydrogens is 580 g/mol. The second-order valence-corrected chi connectivity index (χ2v) is 14.9. The highest BCUT2D eigenvalue weighted by Gasteiger charge is 2.29. The summed E-state index contributed by atoms with van der Waals surface area (Å²) in [6.07, 6.45) is 7.61. The summed E-state index contributed by atoms with van der Waals surface area (Å²) in [5, 5.41) is 11.2. The van der Waals surface area contributed by atoms with Crippen LogP contribution in [0.1, 0.15) is 107 Å². The second-order valence-electron chi connectivity index (χ2n) is 12.9. The molecule has 4 rings (SSSR count). The van der Waals surface area contributed by atoms with E-state index in [4.69, 9.17) is 16.3 Å². The number of nitrogens with zero attached hydrogens (tertiary/aromatic N) is 1. The highest BCUT2D eigenvalue weighted by molar-refractivity contribution is 7.84. The number of carbonyl (C=O) groups excluding carboxylic acids is 1.